The molecule has 0 radical (unpaired) electrons. The fraction of sp³-hybridized carbons (Fsp3) is 0.357. The summed E-state index contributed by atoms with van der Waals surface area (Å²) in [6, 6.07) is 2.07. The Balaban J connectivity index is 2.60. The molecule has 1 N–H and O–H groups in total. The molecule has 2 aromatic heterocycles. The summed E-state index contributed by atoms with van der Waals surface area (Å²) in [6.45, 7) is 3.46. The number of hydrogen-bond donors (Lipinski definition) is 1. The molecule has 2 rings (SSSR count). The third-order valence-electron chi connectivity index (χ3n) is 3.21. The standard InChI is InChI=1S/C14H15F3N4/c1-8-6-10(9(2)21-20-8)13(18-3)11-7-19-5-4-12(11)14(15,16)17/h4-7,13,18H,1-3H3. The van der Waals surface area contributed by atoms with Crippen molar-refractivity contribution in [2.24, 2.45) is 0 Å². The average molecular weight is 296 g/mol. The van der Waals surface area contributed by atoms with Crippen molar-refractivity contribution in [3.05, 3.63) is 52.6 Å². The highest BCUT2D eigenvalue weighted by Gasteiger charge is 2.35. The largest absolute Gasteiger partial charge is 0.416 e. The normalized spacial score (nSPS) is 13.2. The van der Waals surface area contributed by atoms with Crippen LogP contribution in [0.4, 0.5) is 13.2 Å². The summed E-state index contributed by atoms with van der Waals surface area (Å²) < 4.78 is 39.5. The summed E-state index contributed by atoms with van der Waals surface area (Å²) in [5.41, 5.74) is 1.25. The Morgan fingerprint density at radius 3 is 2.48 bits per heavy atom. The second-order valence-electron chi connectivity index (χ2n) is 4.71. The Bertz CT molecular complexity index is 640. The van der Waals surface area contributed by atoms with E-state index in [9.17, 15) is 13.2 Å². The summed E-state index contributed by atoms with van der Waals surface area (Å²) >= 11 is 0. The van der Waals surface area contributed by atoms with E-state index < -0.39 is 17.8 Å². The maximum absolute atomic E-state index is 13.2. The van der Waals surface area contributed by atoms with Gasteiger partial charge in [-0.1, -0.05) is 0 Å². The molecule has 0 spiro atoms. The maximum atomic E-state index is 13.2. The first-order chi connectivity index (χ1) is 9.84. The smallest absolute Gasteiger partial charge is 0.309 e. The molecule has 0 aliphatic heterocycles. The minimum atomic E-state index is -4.43. The summed E-state index contributed by atoms with van der Waals surface area (Å²) in [6.07, 6.45) is -2.06. The van der Waals surface area contributed by atoms with Crippen LogP contribution in [0.15, 0.2) is 24.5 Å². The van der Waals surface area contributed by atoms with Gasteiger partial charge in [0.15, 0.2) is 0 Å². The van der Waals surface area contributed by atoms with Gasteiger partial charge in [0.1, 0.15) is 0 Å². The summed E-state index contributed by atoms with van der Waals surface area (Å²) in [4.78, 5) is 3.83. The molecule has 0 aliphatic rings. The molecule has 0 saturated carbocycles. The first-order valence-corrected chi connectivity index (χ1v) is 6.33. The molecule has 0 saturated heterocycles. The molecule has 0 aliphatic carbocycles. The van der Waals surface area contributed by atoms with Crippen molar-refractivity contribution in [3.8, 4) is 0 Å². The van der Waals surface area contributed by atoms with Crippen molar-refractivity contribution in [1.29, 1.82) is 0 Å². The topological polar surface area (TPSA) is 50.7 Å². The van der Waals surface area contributed by atoms with Crippen molar-refractivity contribution in [3.63, 3.8) is 0 Å². The molecule has 2 heterocycles. The lowest BCUT2D eigenvalue weighted by Gasteiger charge is -2.22. The van der Waals surface area contributed by atoms with E-state index in [1.165, 1.54) is 6.20 Å². The van der Waals surface area contributed by atoms with Crippen LogP contribution in [-0.2, 0) is 6.18 Å². The van der Waals surface area contributed by atoms with Crippen molar-refractivity contribution in [2.75, 3.05) is 7.05 Å². The molecule has 2 aromatic rings. The van der Waals surface area contributed by atoms with E-state index in [-0.39, 0.29) is 5.56 Å². The van der Waals surface area contributed by atoms with Crippen molar-refractivity contribution in [1.82, 2.24) is 20.5 Å². The van der Waals surface area contributed by atoms with E-state index in [4.69, 9.17) is 0 Å². The molecule has 0 fully saturated rings. The van der Waals surface area contributed by atoms with E-state index >= 15 is 0 Å². The Morgan fingerprint density at radius 1 is 1.14 bits per heavy atom. The van der Waals surface area contributed by atoms with Gasteiger partial charge in [-0.2, -0.15) is 23.4 Å². The van der Waals surface area contributed by atoms with Crippen molar-refractivity contribution < 1.29 is 13.2 Å². The lowest BCUT2D eigenvalue weighted by atomic mass is 9.95. The van der Waals surface area contributed by atoms with Gasteiger partial charge in [0.2, 0.25) is 0 Å². The number of hydrogen-bond acceptors (Lipinski definition) is 4. The van der Waals surface area contributed by atoms with Crippen LogP contribution in [0.25, 0.3) is 0 Å². The third kappa shape index (κ3) is 3.18. The second-order valence-corrected chi connectivity index (χ2v) is 4.71. The van der Waals surface area contributed by atoms with Gasteiger partial charge in [0.05, 0.1) is 23.0 Å². The molecule has 0 amide bonds. The second kappa shape index (κ2) is 5.77. The number of alkyl halides is 3. The number of rotatable bonds is 3. The highest BCUT2D eigenvalue weighted by Crippen LogP contribution is 2.36. The molecule has 7 heteroatoms. The monoisotopic (exact) mass is 296 g/mol. The molecule has 112 valence electrons. The lowest BCUT2D eigenvalue weighted by molar-refractivity contribution is -0.138. The number of nitrogens with one attached hydrogen (secondary N) is 1. The fourth-order valence-electron chi connectivity index (χ4n) is 2.24. The number of aryl methyl sites for hydroxylation is 2. The Morgan fingerprint density at radius 2 is 1.86 bits per heavy atom. The van der Waals surface area contributed by atoms with E-state index in [1.54, 1.807) is 27.0 Å². The minimum Gasteiger partial charge on any atom is -0.309 e. The van der Waals surface area contributed by atoms with Gasteiger partial charge in [-0.25, -0.2) is 0 Å². The number of pyridine rings is 1. The van der Waals surface area contributed by atoms with Crippen LogP contribution >= 0.6 is 0 Å². The van der Waals surface area contributed by atoms with Gasteiger partial charge in [-0.05, 0) is 38.6 Å². The van der Waals surface area contributed by atoms with Crippen LogP contribution in [0.1, 0.15) is 34.1 Å². The quantitative estimate of drug-likeness (QED) is 0.946. The van der Waals surface area contributed by atoms with Gasteiger partial charge < -0.3 is 5.32 Å². The predicted octanol–water partition coefficient (Wildman–Crippen LogP) is 2.82. The van der Waals surface area contributed by atoms with Gasteiger partial charge in [0, 0.05) is 18.0 Å². The van der Waals surface area contributed by atoms with Crippen LogP contribution in [0.5, 0.6) is 0 Å². The van der Waals surface area contributed by atoms with Gasteiger partial charge in [0.25, 0.3) is 0 Å². The SMILES string of the molecule is CNC(c1cnccc1C(F)(F)F)c1cc(C)nnc1C. The van der Waals surface area contributed by atoms with Gasteiger partial charge in [-0.3, -0.25) is 4.98 Å². The van der Waals surface area contributed by atoms with Gasteiger partial charge >= 0.3 is 6.18 Å². The van der Waals surface area contributed by atoms with E-state index in [0.29, 0.717) is 17.0 Å². The average Bonchev–Trinajstić information content (AvgIpc) is 2.43. The first kappa shape index (κ1) is 15.4. The molecule has 1 unspecified atom stereocenters. The molecule has 21 heavy (non-hydrogen) atoms. The minimum absolute atomic E-state index is 0.0722. The van der Waals surface area contributed by atoms with E-state index in [2.05, 4.69) is 20.5 Å². The van der Waals surface area contributed by atoms with E-state index in [0.717, 1.165) is 12.3 Å². The van der Waals surface area contributed by atoms with Crippen LogP contribution in [0.3, 0.4) is 0 Å². The predicted molar refractivity (Wildman–Crippen MR) is 71.6 cm³/mol. The fourth-order valence-corrected chi connectivity index (χ4v) is 2.24. The van der Waals surface area contributed by atoms with Crippen LogP contribution in [-0.4, -0.2) is 22.2 Å². The number of nitrogens with zero attached hydrogens (tertiary/aromatic N) is 3. The summed E-state index contributed by atoms with van der Waals surface area (Å²) in [7, 11) is 1.60. The molecule has 4 nitrogen and oxygen atoms in total. The third-order valence-corrected chi connectivity index (χ3v) is 3.21. The number of aromatic nitrogens is 3. The first-order valence-electron chi connectivity index (χ1n) is 6.33. The van der Waals surface area contributed by atoms with Gasteiger partial charge in [-0.15, -0.1) is 0 Å². The molecule has 0 aromatic carbocycles. The maximum Gasteiger partial charge on any atom is 0.416 e. The Hall–Kier alpha value is -2.02. The summed E-state index contributed by atoms with van der Waals surface area (Å²) in [5.74, 6) is 0. The zero-order chi connectivity index (χ0) is 15.6. The van der Waals surface area contributed by atoms with E-state index in [1.807, 2.05) is 0 Å². The highest BCUT2D eigenvalue weighted by atomic mass is 19.4. The number of halogens is 3. The van der Waals surface area contributed by atoms with Crippen LogP contribution in [0, 0.1) is 13.8 Å². The zero-order valence-electron chi connectivity index (χ0n) is 11.9. The molecular weight excluding hydrogens is 281 g/mol. The molecule has 1 atom stereocenters. The lowest BCUT2D eigenvalue weighted by Crippen LogP contribution is -2.23. The zero-order valence-corrected chi connectivity index (χ0v) is 11.9. The van der Waals surface area contributed by atoms with Crippen molar-refractivity contribution >= 4 is 0 Å². The van der Waals surface area contributed by atoms with Crippen LogP contribution < -0.4 is 5.32 Å². The Labute approximate surface area is 120 Å². The Kier molecular flexibility index (Phi) is 4.22. The highest BCUT2D eigenvalue weighted by molar-refractivity contribution is 5.38. The van der Waals surface area contributed by atoms with Crippen molar-refractivity contribution in [2.45, 2.75) is 26.1 Å². The van der Waals surface area contributed by atoms with Crippen LogP contribution in [0.2, 0.25) is 0 Å². The molecule has 0 bridgehead atoms. The molecular formula is C14H15F3N4. The summed E-state index contributed by atoms with van der Waals surface area (Å²) in [5, 5.41) is 10.8.